The van der Waals surface area contributed by atoms with E-state index in [0.29, 0.717) is 5.46 Å². The van der Waals surface area contributed by atoms with Crippen molar-refractivity contribution in [1.82, 2.24) is 4.92 Å². The molecule has 1 unspecified atom stereocenters. The fourth-order valence-electron chi connectivity index (χ4n) is 2.07. The molecular formula is C14H19BN2O3. The van der Waals surface area contributed by atoms with Gasteiger partial charge in [0.1, 0.15) is 0 Å². The predicted octanol–water partition coefficient (Wildman–Crippen LogP) is 0.266. The smallest absolute Gasteiger partial charge is 0.427 e. The van der Waals surface area contributed by atoms with E-state index < -0.39 is 13.2 Å². The summed E-state index contributed by atoms with van der Waals surface area (Å²) in [7, 11) is -1.09. The first-order chi connectivity index (χ1) is 9.40. The Bertz CT molecular complexity index is 545. The fraction of sp³-hybridized carbons (Fsp3) is 0.429. The number of aryl methyl sites for hydroxylation is 1. The zero-order valence-electron chi connectivity index (χ0n) is 11.9. The van der Waals surface area contributed by atoms with Gasteiger partial charge in [-0.05, 0) is 23.9 Å². The lowest BCUT2D eigenvalue weighted by Gasteiger charge is -2.26. The molecule has 0 aromatic heterocycles. The first-order valence-electron chi connectivity index (χ1n) is 6.73. The van der Waals surface area contributed by atoms with Crippen LogP contribution in [0.25, 0.3) is 0 Å². The van der Waals surface area contributed by atoms with Gasteiger partial charge in [-0.3, -0.25) is 4.79 Å². The van der Waals surface area contributed by atoms with Gasteiger partial charge in [-0.1, -0.05) is 37.6 Å². The molecule has 0 aliphatic carbocycles. The van der Waals surface area contributed by atoms with Crippen LogP contribution in [0.2, 0.25) is 0 Å². The molecule has 106 valence electrons. The van der Waals surface area contributed by atoms with Gasteiger partial charge >= 0.3 is 7.05 Å². The molecule has 6 heteroatoms. The van der Waals surface area contributed by atoms with Crippen molar-refractivity contribution in [2.24, 2.45) is 11.0 Å². The highest BCUT2D eigenvalue weighted by Crippen LogP contribution is 2.13. The summed E-state index contributed by atoms with van der Waals surface area (Å²) >= 11 is 0. The van der Waals surface area contributed by atoms with Gasteiger partial charge in [-0.2, -0.15) is 5.10 Å². The average molecular weight is 274 g/mol. The number of aliphatic hydroxyl groups excluding tert-OH is 1. The molecule has 1 aromatic carbocycles. The zero-order valence-corrected chi connectivity index (χ0v) is 11.9. The fourth-order valence-corrected chi connectivity index (χ4v) is 2.07. The van der Waals surface area contributed by atoms with E-state index in [1.807, 2.05) is 32.9 Å². The summed E-state index contributed by atoms with van der Waals surface area (Å²) in [6, 6.07) is 5.58. The zero-order chi connectivity index (χ0) is 14.9. The van der Waals surface area contributed by atoms with Gasteiger partial charge in [-0.15, -0.1) is 0 Å². The van der Waals surface area contributed by atoms with Crippen LogP contribution in [0.3, 0.4) is 0 Å². The Balaban J connectivity index is 2.17. The molecule has 0 saturated carbocycles. The van der Waals surface area contributed by atoms with E-state index in [9.17, 15) is 14.9 Å². The van der Waals surface area contributed by atoms with Crippen LogP contribution in [0.1, 0.15) is 31.4 Å². The second-order valence-corrected chi connectivity index (χ2v) is 5.50. The number of amides is 1. The van der Waals surface area contributed by atoms with Crippen molar-refractivity contribution in [1.29, 1.82) is 0 Å². The first kappa shape index (κ1) is 14.7. The maximum absolute atomic E-state index is 12.1. The summed E-state index contributed by atoms with van der Waals surface area (Å²) in [5, 5.41) is 24.0. The molecule has 20 heavy (non-hydrogen) atoms. The Labute approximate surface area is 119 Å². The maximum atomic E-state index is 12.1. The SMILES string of the molecule is Cc1ccc2c(c1)C=NN(C(=O)CC(O)C(C)C)B2O. The van der Waals surface area contributed by atoms with Crippen molar-refractivity contribution >= 4 is 24.6 Å². The molecular weight excluding hydrogens is 255 g/mol. The number of hydrogen-bond acceptors (Lipinski definition) is 4. The van der Waals surface area contributed by atoms with Crippen LogP contribution < -0.4 is 5.46 Å². The Morgan fingerprint density at radius 1 is 1.45 bits per heavy atom. The van der Waals surface area contributed by atoms with Crippen molar-refractivity contribution in [3.8, 4) is 0 Å². The normalized spacial score (nSPS) is 15.5. The predicted molar refractivity (Wildman–Crippen MR) is 78.7 cm³/mol. The molecule has 1 aliphatic heterocycles. The van der Waals surface area contributed by atoms with E-state index in [1.165, 1.54) is 0 Å². The van der Waals surface area contributed by atoms with E-state index in [1.54, 1.807) is 12.3 Å². The highest BCUT2D eigenvalue weighted by molar-refractivity contribution is 6.67. The molecule has 0 spiro atoms. The Hall–Kier alpha value is -1.66. The second kappa shape index (κ2) is 5.77. The van der Waals surface area contributed by atoms with Gasteiger partial charge in [-0.25, -0.2) is 4.92 Å². The van der Waals surface area contributed by atoms with Crippen LogP contribution >= 0.6 is 0 Å². The molecule has 1 atom stereocenters. The van der Waals surface area contributed by atoms with E-state index in [4.69, 9.17) is 0 Å². The highest BCUT2D eigenvalue weighted by atomic mass is 16.3. The van der Waals surface area contributed by atoms with Crippen molar-refractivity contribution in [2.75, 3.05) is 0 Å². The van der Waals surface area contributed by atoms with Crippen LogP contribution in [-0.4, -0.2) is 40.3 Å². The minimum absolute atomic E-state index is 0.0141. The van der Waals surface area contributed by atoms with E-state index in [2.05, 4.69) is 5.10 Å². The first-order valence-corrected chi connectivity index (χ1v) is 6.73. The van der Waals surface area contributed by atoms with Gasteiger partial charge in [0, 0.05) is 0 Å². The van der Waals surface area contributed by atoms with Gasteiger partial charge in [0.15, 0.2) is 0 Å². The van der Waals surface area contributed by atoms with Gasteiger partial charge in [0.2, 0.25) is 5.91 Å². The molecule has 5 nitrogen and oxygen atoms in total. The van der Waals surface area contributed by atoms with Crippen molar-refractivity contribution < 1.29 is 14.9 Å². The number of nitrogens with zero attached hydrogens (tertiary/aromatic N) is 2. The molecule has 0 fully saturated rings. The number of hydrazone groups is 1. The highest BCUT2D eigenvalue weighted by Gasteiger charge is 2.34. The molecule has 1 aliphatic rings. The lowest BCUT2D eigenvalue weighted by molar-refractivity contribution is -0.130. The van der Waals surface area contributed by atoms with Gasteiger partial charge in [0.25, 0.3) is 0 Å². The Morgan fingerprint density at radius 3 is 2.80 bits per heavy atom. The molecule has 1 heterocycles. The molecule has 2 N–H and O–H groups in total. The average Bonchev–Trinajstić information content (AvgIpc) is 2.38. The topological polar surface area (TPSA) is 73.1 Å². The molecule has 1 amide bonds. The van der Waals surface area contributed by atoms with E-state index in [0.717, 1.165) is 16.0 Å². The minimum Gasteiger partial charge on any atom is -0.427 e. The summed E-state index contributed by atoms with van der Waals surface area (Å²) in [6.07, 6.45) is 0.784. The lowest BCUT2D eigenvalue weighted by atomic mass is 9.69. The van der Waals surface area contributed by atoms with Crippen LogP contribution in [0, 0.1) is 12.8 Å². The maximum Gasteiger partial charge on any atom is 0.474 e. The Morgan fingerprint density at radius 2 is 2.15 bits per heavy atom. The van der Waals surface area contributed by atoms with Crippen LogP contribution in [-0.2, 0) is 4.79 Å². The number of aliphatic hydroxyl groups is 1. The summed E-state index contributed by atoms with van der Waals surface area (Å²) in [4.78, 5) is 13.1. The summed E-state index contributed by atoms with van der Waals surface area (Å²) < 4.78 is 0. The van der Waals surface area contributed by atoms with Crippen LogP contribution in [0.4, 0.5) is 0 Å². The standard InChI is InChI=1S/C14H19BN2O3/c1-9(2)13(18)7-14(19)17-15(20)12-5-4-10(3)6-11(12)8-16-17/h4-6,8-9,13,18,20H,7H2,1-3H3. The van der Waals surface area contributed by atoms with Crippen molar-refractivity contribution in [2.45, 2.75) is 33.3 Å². The van der Waals surface area contributed by atoms with Gasteiger partial charge in [0.05, 0.1) is 18.7 Å². The lowest BCUT2D eigenvalue weighted by Crippen LogP contribution is -2.53. The summed E-state index contributed by atoms with van der Waals surface area (Å²) in [5.74, 6) is -0.402. The number of hydrogen-bond donors (Lipinski definition) is 2. The van der Waals surface area contributed by atoms with Crippen molar-refractivity contribution in [3.05, 3.63) is 29.3 Å². The quantitative estimate of drug-likeness (QED) is 0.777. The summed E-state index contributed by atoms with van der Waals surface area (Å²) in [5.41, 5.74) is 2.53. The molecule has 0 saturated heterocycles. The minimum atomic E-state index is -1.09. The molecule has 0 bridgehead atoms. The second-order valence-electron chi connectivity index (χ2n) is 5.50. The van der Waals surface area contributed by atoms with E-state index >= 15 is 0 Å². The summed E-state index contributed by atoms with van der Waals surface area (Å²) in [6.45, 7) is 5.63. The number of benzene rings is 1. The largest absolute Gasteiger partial charge is 0.474 e. The van der Waals surface area contributed by atoms with Gasteiger partial charge < -0.3 is 10.1 Å². The monoisotopic (exact) mass is 274 g/mol. The molecule has 1 aromatic rings. The number of fused-ring (bicyclic) bond motifs is 1. The number of carbonyl (C=O) groups is 1. The number of rotatable bonds is 3. The van der Waals surface area contributed by atoms with E-state index in [-0.39, 0.29) is 18.2 Å². The Kier molecular flexibility index (Phi) is 4.25. The third-order valence-electron chi connectivity index (χ3n) is 3.48. The molecule has 2 rings (SSSR count). The van der Waals surface area contributed by atoms with Crippen LogP contribution in [0.5, 0.6) is 0 Å². The van der Waals surface area contributed by atoms with Crippen molar-refractivity contribution in [3.63, 3.8) is 0 Å². The third-order valence-corrected chi connectivity index (χ3v) is 3.48. The number of carbonyl (C=O) groups excluding carboxylic acids is 1. The van der Waals surface area contributed by atoms with Crippen LogP contribution in [0.15, 0.2) is 23.3 Å². The molecule has 0 radical (unpaired) electrons. The third kappa shape index (κ3) is 2.91.